The summed E-state index contributed by atoms with van der Waals surface area (Å²) in [4.78, 5) is 21.1. The molecule has 2 heterocycles. The van der Waals surface area contributed by atoms with Crippen LogP contribution in [0.1, 0.15) is 28.4 Å². The highest BCUT2D eigenvalue weighted by Gasteiger charge is 2.22. The van der Waals surface area contributed by atoms with Gasteiger partial charge < -0.3 is 15.0 Å². The van der Waals surface area contributed by atoms with Gasteiger partial charge in [0.15, 0.2) is 0 Å². The number of hydrogen-bond donors (Lipinski definition) is 2. The quantitative estimate of drug-likeness (QED) is 0.170. The minimum atomic E-state index is -0.740. The van der Waals surface area contributed by atoms with E-state index >= 15 is 0 Å². The first kappa shape index (κ1) is 28.7. The minimum Gasteiger partial charge on any atom is -0.489 e. The van der Waals surface area contributed by atoms with Gasteiger partial charge in [-0.3, -0.25) is 9.78 Å². The van der Waals surface area contributed by atoms with Crippen LogP contribution in [0.15, 0.2) is 116 Å². The summed E-state index contributed by atoms with van der Waals surface area (Å²) >= 11 is 0. The Labute approximate surface area is 252 Å². The molecule has 6 rings (SSSR count). The molecule has 8 heteroatoms. The first-order valence-electron chi connectivity index (χ1n) is 14.1. The lowest BCUT2D eigenvalue weighted by molar-refractivity contribution is -0.121. The largest absolute Gasteiger partial charge is 0.489 e. The molecule has 0 radical (unpaired) electrons. The number of rotatable bonds is 10. The van der Waals surface area contributed by atoms with Crippen LogP contribution >= 0.6 is 0 Å². The normalized spacial score (nSPS) is 11.8. The Morgan fingerprint density at radius 2 is 1.64 bits per heavy atom. The maximum Gasteiger partial charge on any atom is 0.225 e. The summed E-state index contributed by atoms with van der Waals surface area (Å²) in [6, 6.07) is 27.9. The lowest BCUT2D eigenvalue weighted by Gasteiger charge is -2.22. The second kappa shape index (κ2) is 12.9. The Balaban J connectivity index is 1.31. The number of H-pyrrole nitrogens is 1. The lowest BCUT2D eigenvalue weighted by Crippen LogP contribution is -2.32. The number of pyridine rings is 1. The predicted octanol–water partition coefficient (Wildman–Crippen LogP) is 7.87. The van der Waals surface area contributed by atoms with Crippen LogP contribution < -0.4 is 10.1 Å². The van der Waals surface area contributed by atoms with Gasteiger partial charge in [-0.1, -0.05) is 48.5 Å². The Morgan fingerprint density at radius 1 is 0.818 bits per heavy atom. The number of amides is 1. The van der Waals surface area contributed by atoms with E-state index in [1.54, 1.807) is 24.5 Å². The fraction of sp³-hybridized carbons (Fsp3) is 0.111. The number of fused-ring (bicyclic) bond motifs is 1. The van der Waals surface area contributed by atoms with E-state index in [9.17, 15) is 18.0 Å². The van der Waals surface area contributed by atoms with Crippen LogP contribution in [-0.4, -0.2) is 15.9 Å². The Morgan fingerprint density at radius 3 is 2.45 bits per heavy atom. The van der Waals surface area contributed by atoms with Crippen LogP contribution in [0.3, 0.4) is 0 Å². The Hall–Kier alpha value is -5.37. The average molecular weight is 592 g/mol. The molecule has 1 amide bonds. The highest BCUT2D eigenvalue weighted by atomic mass is 19.1. The van der Waals surface area contributed by atoms with Gasteiger partial charge in [-0.2, -0.15) is 0 Å². The zero-order chi connectivity index (χ0) is 30.5. The number of aromatic amines is 1. The molecule has 2 N–H and O–H groups in total. The van der Waals surface area contributed by atoms with E-state index in [1.165, 1.54) is 24.3 Å². The molecule has 1 atom stereocenters. The molecule has 0 unspecified atom stereocenters. The van der Waals surface area contributed by atoms with Gasteiger partial charge in [-0.15, -0.1) is 0 Å². The van der Waals surface area contributed by atoms with Gasteiger partial charge in [0.25, 0.3) is 0 Å². The maximum absolute atomic E-state index is 14.2. The van der Waals surface area contributed by atoms with E-state index < -0.39 is 23.5 Å². The molecule has 0 aliphatic heterocycles. The standard InChI is InChI=1S/C36H28F3N3O2/c37-27-11-12-33-32(20-27)26(21-41-33)18-35(43)42-34(16-24-14-28(38)19-29(39)15-24)36-31(10-5-13-40-36)25-8-4-9-30(17-25)44-22-23-6-2-1-3-7-23/h1-15,17,19-21,34,41H,16,18,22H2,(H,42,43)/t34-/m0/s1. The Bertz CT molecular complexity index is 1900. The number of carbonyl (C=O) groups excluding carboxylic acids is 1. The molecule has 0 aliphatic carbocycles. The van der Waals surface area contributed by atoms with E-state index in [0.29, 0.717) is 40.1 Å². The van der Waals surface area contributed by atoms with Gasteiger partial charge in [-0.25, -0.2) is 13.2 Å². The first-order valence-corrected chi connectivity index (χ1v) is 14.1. The summed E-state index contributed by atoms with van der Waals surface area (Å²) < 4.78 is 48.3. The van der Waals surface area contributed by atoms with E-state index in [-0.39, 0.29) is 18.7 Å². The highest BCUT2D eigenvalue weighted by Crippen LogP contribution is 2.31. The molecule has 5 nitrogen and oxygen atoms in total. The molecule has 4 aromatic carbocycles. The molecule has 0 saturated carbocycles. The van der Waals surface area contributed by atoms with Crippen LogP contribution in [0.25, 0.3) is 22.0 Å². The van der Waals surface area contributed by atoms with Crippen molar-refractivity contribution in [2.75, 3.05) is 0 Å². The molecule has 0 saturated heterocycles. The van der Waals surface area contributed by atoms with E-state index in [0.717, 1.165) is 22.8 Å². The third kappa shape index (κ3) is 6.81. The second-order valence-corrected chi connectivity index (χ2v) is 10.5. The third-order valence-electron chi connectivity index (χ3n) is 7.34. The first-order chi connectivity index (χ1) is 21.4. The summed E-state index contributed by atoms with van der Waals surface area (Å²) in [5.41, 5.74) is 4.78. The number of carbonyl (C=O) groups is 1. The van der Waals surface area contributed by atoms with Crippen LogP contribution in [0.4, 0.5) is 13.2 Å². The van der Waals surface area contributed by atoms with Crippen molar-refractivity contribution < 1.29 is 22.7 Å². The van der Waals surface area contributed by atoms with Gasteiger partial charge >= 0.3 is 0 Å². The van der Waals surface area contributed by atoms with Crippen LogP contribution in [0.2, 0.25) is 0 Å². The zero-order valence-electron chi connectivity index (χ0n) is 23.6. The van der Waals surface area contributed by atoms with Crippen molar-refractivity contribution in [1.82, 2.24) is 15.3 Å². The molecular weight excluding hydrogens is 563 g/mol. The average Bonchev–Trinajstić information content (AvgIpc) is 3.41. The zero-order valence-corrected chi connectivity index (χ0v) is 23.6. The molecule has 0 bridgehead atoms. The Kier molecular flexibility index (Phi) is 8.41. The van der Waals surface area contributed by atoms with Gasteiger partial charge in [0.2, 0.25) is 5.91 Å². The van der Waals surface area contributed by atoms with E-state index in [2.05, 4.69) is 15.3 Å². The predicted molar refractivity (Wildman–Crippen MR) is 163 cm³/mol. The number of halogens is 3. The van der Waals surface area contributed by atoms with E-state index in [1.807, 2.05) is 60.7 Å². The van der Waals surface area contributed by atoms with E-state index in [4.69, 9.17) is 4.74 Å². The van der Waals surface area contributed by atoms with Crippen LogP contribution in [0.5, 0.6) is 5.75 Å². The number of benzene rings is 4. The van der Waals surface area contributed by atoms with Crippen molar-refractivity contribution in [3.63, 3.8) is 0 Å². The number of hydrogen-bond acceptors (Lipinski definition) is 3. The van der Waals surface area contributed by atoms with Crippen molar-refractivity contribution in [2.24, 2.45) is 0 Å². The highest BCUT2D eigenvalue weighted by molar-refractivity contribution is 5.89. The number of nitrogens with one attached hydrogen (secondary N) is 2. The second-order valence-electron chi connectivity index (χ2n) is 10.5. The van der Waals surface area contributed by atoms with Crippen LogP contribution in [-0.2, 0) is 24.2 Å². The van der Waals surface area contributed by atoms with Crippen molar-refractivity contribution in [2.45, 2.75) is 25.5 Å². The molecule has 2 aromatic heterocycles. The lowest BCUT2D eigenvalue weighted by atomic mass is 9.95. The molecule has 44 heavy (non-hydrogen) atoms. The molecule has 220 valence electrons. The molecular formula is C36H28F3N3O2. The monoisotopic (exact) mass is 591 g/mol. The maximum atomic E-state index is 14.2. The van der Waals surface area contributed by atoms with Crippen molar-refractivity contribution in [1.29, 1.82) is 0 Å². The molecule has 0 aliphatic rings. The van der Waals surface area contributed by atoms with Crippen molar-refractivity contribution in [3.05, 3.63) is 155 Å². The number of ether oxygens (including phenoxy) is 1. The summed E-state index contributed by atoms with van der Waals surface area (Å²) in [7, 11) is 0. The van der Waals surface area contributed by atoms with Gasteiger partial charge in [-0.05, 0) is 77.2 Å². The van der Waals surface area contributed by atoms with Crippen molar-refractivity contribution in [3.8, 4) is 16.9 Å². The van der Waals surface area contributed by atoms with Gasteiger partial charge in [0.1, 0.15) is 29.8 Å². The van der Waals surface area contributed by atoms with Gasteiger partial charge in [0.05, 0.1) is 18.2 Å². The number of aromatic nitrogens is 2. The van der Waals surface area contributed by atoms with Gasteiger partial charge in [0, 0.05) is 34.9 Å². The fourth-order valence-corrected chi connectivity index (χ4v) is 5.33. The minimum absolute atomic E-state index is 0.0392. The smallest absolute Gasteiger partial charge is 0.225 e. The molecule has 6 aromatic rings. The van der Waals surface area contributed by atoms with Crippen LogP contribution in [0, 0.1) is 17.5 Å². The summed E-state index contributed by atoms with van der Waals surface area (Å²) in [6.45, 7) is 0.395. The molecule has 0 fully saturated rings. The molecule has 0 spiro atoms. The topological polar surface area (TPSA) is 67.0 Å². The fourth-order valence-electron chi connectivity index (χ4n) is 5.33. The summed E-state index contributed by atoms with van der Waals surface area (Å²) in [5, 5.41) is 3.63. The van der Waals surface area contributed by atoms with Crippen molar-refractivity contribution >= 4 is 16.8 Å². The third-order valence-corrected chi connectivity index (χ3v) is 7.34. The summed E-state index contributed by atoms with van der Waals surface area (Å²) in [6.07, 6.45) is 3.33. The summed E-state index contributed by atoms with van der Waals surface area (Å²) in [5.74, 6) is -1.53. The SMILES string of the molecule is O=C(Cc1c[nH]c2ccc(F)cc12)N[C@@H](Cc1cc(F)cc(F)c1)c1ncccc1-c1cccc(OCc2ccccc2)c1. The number of nitrogens with zero attached hydrogens (tertiary/aromatic N) is 1.